The van der Waals surface area contributed by atoms with Crippen molar-refractivity contribution in [3.05, 3.63) is 65.0 Å². The Balaban J connectivity index is 0.00000392. The van der Waals surface area contributed by atoms with Gasteiger partial charge in [-0.05, 0) is 55.2 Å². The molecular formula is C21H28FIN4O. The molecule has 0 atom stereocenters. The van der Waals surface area contributed by atoms with Gasteiger partial charge in [-0.3, -0.25) is 4.79 Å². The Bertz CT molecular complexity index is 793. The summed E-state index contributed by atoms with van der Waals surface area (Å²) in [5.41, 5.74) is 3.42. The van der Waals surface area contributed by atoms with E-state index in [1.807, 2.05) is 37.3 Å². The van der Waals surface area contributed by atoms with E-state index in [2.05, 4.69) is 20.9 Å². The number of anilines is 1. The summed E-state index contributed by atoms with van der Waals surface area (Å²) in [7, 11) is 0. The zero-order valence-electron chi connectivity index (χ0n) is 16.5. The van der Waals surface area contributed by atoms with E-state index in [9.17, 15) is 9.18 Å². The Hall–Kier alpha value is -2.16. The summed E-state index contributed by atoms with van der Waals surface area (Å²) in [5.74, 6) is 0.418. The predicted octanol–water partition coefficient (Wildman–Crippen LogP) is 4.01. The zero-order chi connectivity index (χ0) is 19.6. The second kappa shape index (κ2) is 12.3. The van der Waals surface area contributed by atoms with E-state index in [1.54, 1.807) is 13.0 Å². The van der Waals surface area contributed by atoms with Gasteiger partial charge in [-0.25, -0.2) is 9.38 Å². The first-order valence-corrected chi connectivity index (χ1v) is 9.11. The second-order valence-corrected chi connectivity index (χ2v) is 6.33. The van der Waals surface area contributed by atoms with Crippen molar-refractivity contribution in [2.45, 2.75) is 33.7 Å². The number of hydrogen-bond acceptors (Lipinski definition) is 2. The van der Waals surface area contributed by atoms with Gasteiger partial charge in [0.2, 0.25) is 5.91 Å². The highest BCUT2D eigenvalue weighted by Gasteiger charge is 2.02. The number of rotatable bonds is 7. The number of nitrogens with zero attached hydrogens (tertiary/aromatic N) is 1. The van der Waals surface area contributed by atoms with Crippen molar-refractivity contribution in [2.24, 2.45) is 4.99 Å². The molecule has 0 spiro atoms. The van der Waals surface area contributed by atoms with E-state index < -0.39 is 0 Å². The molecule has 152 valence electrons. The fourth-order valence-corrected chi connectivity index (χ4v) is 2.53. The zero-order valence-corrected chi connectivity index (χ0v) is 18.8. The third-order valence-corrected chi connectivity index (χ3v) is 3.98. The molecule has 5 nitrogen and oxygen atoms in total. The van der Waals surface area contributed by atoms with Crippen LogP contribution in [0.25, 0.3) is 0 Å². The highest BCUT2D eigenvalue weighted by atomic mass is 127. The molecule has 28 heavy (non-hydrogen) atoms. The van der Waals surface area contributed by atoms with Crippen LogP contribution in [0.3, 0.4) is 0 Å². The van der Waals surface area contributed by atoms with E-state index in [4.69, 9.17) is 0 Å². The number of benzene rings is 2. The van der Waals surface area contributed by atoms with Gasteiger partial charge in [0.25, 0.3) is 0 Å². The van der Waals surface area contributed by atoms with Crippen molar-refractivity contribution in [1.29, 1.82) is 0 Å². The van der Waals surface area contributed by atoms with E-state index in [-0.39, 0.29) is 35.7 Å². The Morgan fingerprint density at radius 2 is 1.75 bits per heavy atom. The lowest BCUT2D eigenvalue weighted by Gasteiger charge is -2.12. The van der Waals surface area contributed by atoms with Gasteiger partial charge in [-0.1, -0.05) is 24.3 Å². The summed E-state index contributed by atoms with van der Waals surface area (Å²) < 4.78 is 13.6. The van der Waals surface area contributed by atoms with Crippen molar-refractivity contribution < 1.29 is 9.18 Å². The Kier molecular flexibility index (Phi) is 10.5. The molecule has 0 fully saturated rings. The average Bonchev–Trinajstić information content (AvgIpc) is 2.63. The van der Waals surface area contributed by atoms with Crippen molar-refractivity contribution >= 4 is 41.5 Å². The molecule has 7 heteroatoms. The van der Waals surface area contributed by atoms with Gasteiger partial charge in [-0.2, -0.15) is 0 Å². The van der Waals surface area contributed by atoms with Crippen LogP contribution in [0.4, 0.5) is 10.1 Å². The third kappa shape index (κ3) is 8.24. The van der Waals surface area contributed by atoms with Gasteiger partial charge in [0.15, 0.2) is 5.96 Å². The fraction of sp³-hybridized carbons (Fsp3) is 0.333. The van der Waals surface area contributed by atoms with Crippen LogP contribution < -0.4 is 16.0 Å². The molecule has 2 aromatic carbocycles. The third-order valence-electron chi connectivity index (χ3n) is 3.98. The molecule has 0 saturated heterocycles. The standard InChI is InChI=1S/C21H27FN4O.HI/c1-4-23-21(25-14-18-6-5-15(2)20(22)13-18)24-12-11-17-7-9-19(10-8-17)26-16(3)27;/h5-10,13H,4,11-12,14H2,1-3H3,(H,26,27)(H2,23,24,25);1H. The second-order valence-electron chi connectivity index (χ2n) is 6.33. The van der Waals surface area contributed by atoms with Crippen LogP contribution in [-0.2, 0) is 17.8 Å². The maximum absolute atomic E-state index is 13.6. The number of amides is 1. The molecule has 0 aliphatic heterocycles. The molecule has 0 aliphatic carbocycles. The highest BCUT2D eigenvalue weighted by molar-refractivity contribution is 14.0. The maximum atomic E-state index is 13.6. The number of halogens is 2. The monoisotopic (exact) mass is 498 g/mol. The Labute approximate surface area is 183 Å². The van der Waals surface area contributed by atoms with Crippen LogP contribution in [0, 0.1) is 12.7 Å². The van der Waals surface area contributed by atoms with Crippen LogP contribution in [0.15, 0.2) is 47.5 Å². The topological polar surface area (TPSA) is 65.5 Å². The lowest BCUT2D eigenvalue weighted by molar-refractivity contribution is -0.114. The maximum Gasteiger partial charge on any atom is 0.221 e. The molecular weight excluding hydrogens is 470 g/mol. The van der Waals surface area contributed by atoms with Gasteiger partial charge in [0.05, 0.1) is 6.54 Å². The normalized spacial score (nSPS) is 10.8. The first kappa shape index (κ1) is 23.9. The molecule has 0 heterocycles. The van der Waals surface area contributed by atoms with Crippen LogP contribution in [0.5, 0.6) is 0 Å². The average molecular weight is 498 g/mol. The summed E-state index contributed by atoms with van der Waals surface area (Å²) in [5, 5.41) is 9.23. The molecule has 0 radical (unpaired) electrons. The van der Waals surface area contributed by atoms with Crippen molar-refractivity contribution in [2.75, 3.05) is 18.4 Å². The summed E-state index contributed by atoms with van der Waals surface area (Å²) in [4.78, 5) is 15.6. The molecule has 2 rings (SSSR count). The van der Waals surface area contributed by atoms with Crippen LogP contribution >= 0.6 is 24.0 Å². The number of aryl methyl sites for hydroxylation is 1. The molecule has 0 aliphatic rings. The summed E-state index contributed by atoms with van der Waals surface area (Å²) in [6.07, 6.45) is 0.823. The van der Waals surface area contributed by atoms with E-state index >= 15 is 0 Å². The Morgan fingerprint density at radius 3 is 2.36 bits per heavy atom. The lowest BCUT2D eigenvalue weighted by Crippen LogP contribution is -2.38. The highest BCUT2D eigenvalue weighted by Crippen LogP contribution is 2.11. The van der Waals surface area contributed by atoms with Crippen LogP contribution in [0.2, 0.25) is 0 Å². The summed E-state index contributed by atoms with van der Waals surface area (Å²) >= 11 is 0. The van der Waals surface area contributed by atoms with Gasteiger partial charge in [-0.15, -0.1) is 24.0 Å². The SMILES string of the molecule is CCNC(=NCc1ccc(C)c(F)c1)NCCc1ccc(NC(C)=O)cc1.I. The fourth-order valence-electron chi connectivity index (χ4n) is 2.53. The minimum absolute atomic E-state index is 0. The number of nitrogens with one attached hydrogen (secondary N) is 3. The number of carbonyl (C=O) groups is 1. The van der Waals surface area contributed by atoms with Gasteiger partial charge in [0, 0.05) is 25.7 Å². The molecule has 0 unspecified atom stereocenters. The smallest absolute Gasteiger partial charge is 0.221 e. The molecule has 2 aromatic rings. The number of hydrogen-bond donors (Lipinski definition) is 3. The lowest BCUT2D eigenvalue weighted by atomic mass is 10.1. The molecule has 1 amide bonds. The Morgan fingerprint density at radius 1 is 1.07 bits per heavy atom. The summed E-state index contributed by atoms with van der Waals surface area (Å²) in [6, 6.07) is 13.0. The van der Waals surface area contributed by atoms with Crippen molar-refractivity contribution in [1.82, 2.24) is 10.6 Å². The largest absolute Gasteiger partial charge is 0.357 e. The number of aliphatic imine (C=N–C) groups is 1. The van der Waals surface area contributed by atoms with Crippen molar-refractivity contribution in [3.8, 4) is 0 Å². The number of guanidine groups is 1. The predicted molar refractivity (Wildman–Crippen MR) is 124 cm³/mol. The quantitative estimate of drug-likeness (QED) is 0.307. The molecule has 0 aromatic heterocycles. The van der Waals surface area contributed by atoms with Gasteiger partial charge in [0.1, 0.15) is 5.82 Å². The first-order valence-electron chi connectivity index (χ1n) is 9.11. The first-order chi connectivity index (χ1) is 13.0. The molecule has 0 bridgehead atoms. The van der Waals surface area contributed by atoms with Gasteiger partial charge >= 0.3 is 0 Å². The minimum atomic E-state index is -0.205. The van der Waals surface area contributed by atoms with Crippen LogP contribution in [0.1, 0.15) is 30.5 Å². The van der Waals surface area contributed by atoms with Gasteiger partial charge < -0.3 is 16.0 Å². The summed E-state index contributed by atoms with van der Waals surface area (Å²) in [6.45, 7) is 7.12. The molecule has 0 saturated carbocycles. The number of carbonyl (C=O) groups excluding carboxylic acids is 1. The van der Waals surface area contributed by atoms with E-state index in [0.717, 1.165) is 29.8 Å². The van der Waals surface area contributed by atoms with E-state index in [0.29, 0.717) is 24.6 Å². The van der Waals surface area contributed by atoms with E-state index in [1.165, 1.54) is 13.0 Å². The minimum Gasteiger partial charge on any atom is -0.357 e. The van der Waals surface area contributed by atoms with Crippen LogP contribution in [-0.4, -0.2) is 25.0 Å². The van der Waals surface area contributed by atoms with Crippen molar-refractivity contribution in [3.63, 3.8) is 0 Å². The molecule has 3 N–H and O–H groups in total.